The van der Waals surface area contributed by atoms with E-state index >= 15 is 0 Å². The summed E-state index contributed by atoms with van der Waals surface area (Å²) in [5, 5.41) is 15.6. The number of nitrogens with one attached hydrogen (secondary N) is 2. The lowest BCUT2D eigenvalue weighted by atomic mass is 10.0. The Hall–Kier alpha value is -2.08. The van der Waals surface area contributed by atoms with Crippen molar-refractivity contribution in [3.8, 4) is 5.88 Å². The van der Waals surface area contributed by atoms with Gasteiger partial charge in [-0.2, -0.15) is 13.2 Å². The van der Waals surface area contributed by atoms with E-state index in [-0.39, 0.29) is 49.7 Å². The molecule has 0 fully saturated rings. The molecule has 0 bridgehead atoms. The molecule has 6 nitrogen and oxygen atoms in total. The van der Waals surface area contributed by atoms with Crippen LogP contribution in [0, 0.1) is 0 Å². The monoisotopic (exact) mass is 524 g/mol. The Labute approximate surface area is 184 Å². The van der Waals surface area contributed by atoms with Crippen LogP contribution in [0.15, 0.2) is 53.7 Å². The van der Waals surface area contributed by atoms with Crippen LogP contribution in [-0.2, 0) is 6.18 Å². The minimum absolute atomic E-state index is 0. The van der Waals surface area contributed by atoms with E-state index in [0.717, 1.165) is 11.6 Å². The molecule has 1 unspecified atom stereocenters. The van der Waals surface area contributed by atoms with Crippen LogP contribution >= 0.6 is 24.0 Å². The molecule has 0 aliphatic rings. The third-order valence-electron chi connectivity index (χ3n) is 3.94. The zero-order valence-corrected chi connectivity index (χ0v) is 18.1. The van der Waals surface area contributed by atoms with Gasteiger partial charge >= 0.3 is 6.18 Å². The number of rotatable bonds is 8. The van der Waals surface area contributed by atoms with Gasteiger partial charge in [-0.05, 0) is 17.7 Å². The number of halogens is 4. The summed E-state index contributed by atoms with van der Waals surface area (Å²) in [4.78, 5) is 7.69. The van der Waals surface area contributed by atoms with Crippen LogP contribution < -0.4 is 15.4 Å². The first-order valence-electron chi connectivity index (χ1n) is 8.71. The second kappa shape index (κ2) is 12.5. The lowest BCUT2D eigenvalue weighted by molar-refractivity contribution is -0.139. The number of nitrogens with zero attached hydrogens (tertiary/aromatic N) is 2. The predicted octanol–water partition coefficient (Wildman–Crippen LogP) is 3.04. The number of aromatic nitrogens is 1. The molecule has 1 aromatic heterocycles. The summed E-state index contributed by atoms with van der Waals surface area (Å²) in [6.07, 6.45) is -3.28. The van der Waals surface area contributed by atoms with E-state index in [2.05, 4.69) is 20.6 Å². The minimum atomic E-state index is -4.52. The van der Waals surface area contributed by atoms with Gasteiger partial charge < -0.3 is 20.5 Å². The molecular weight excluding hydrogens is 500 g/mol. The lowest BCUT2D eigenvalue weighted by Crippen LogP contribution is -2.41. The summed E-state index contributed by atoms with van der Waals surface area (Å²) < 4.78 is 43.9. The third-order valence-corrected chi connectivity index (χ3v) is 3.94. The van der Waals surface area contributed by atoms with Crippen LogP contribution in [0.5, 0.6) is 5.88 Å². The van der Waals surface area contributed by atoms with Crippen LogP contribution in [0.1, 0.15) is 17.0 Å². The molecule has 0 aliphatic carbocycles. The van der Waals surface area contributed by atoms with E-state index in [1.54, 1.807) is 7.05 Å². The van der Waals surface area contributed by atoms with Gasteiger partial charge in [0.15, 0.2) is 5.96 Å². The largest absolute Gasteiger partial charge is 0.475 e. The summed E-state index contributed by atoms with van der Waals surface area (Å²) in [5.41, 5.74) is 0.0808. The molecule has 3 N–H and O–H groups in total. The fraction of sp³-hybridized carbons (Fsp3) is 0.368. The number of ether oxygens (including phenoxy) is 1. The SMILES string of the molecule is CN=C(NCCOc1ncccc1C(F)(F)F)NCC(CO)c1ccccc1.I. The first-order valence-corrected chi connectivity index (χ1v) is 8.71. The molecule has 0 amide bonds. The predicted molar refractivity (Wildman–Crippen MR) is 116 cm³/mol. The van der Waals surface area contributed by atoms with Crippen molar-refractivity contribution >= 4 is 29.9 Å². The first kappa shape index (κ1) is 25.0. The number of aliphatic hydroxyl groups is 1. The summed E-state index contributed by atoms with van der Waals surface area (Å²) in [6, 6.07) is 11.7. The van der Waals surface area contributed by atoms with E-state index in [0.29, 0.717) is 12.5 Å². The van der Waals surface area contributed by atoms with E-state index in [1.165, 1.54) is 12.3 Å². The highest BCUT2D eigenvalue weighted by molar-refractivity contribution is 14.0. The Balaban J connectivity index is 0.00000420. The van der Waals surface area contributed by atoms with Crippen molar-refractivity contribution in [2.45, 2.75) is 12.1 Å². The molecule has 29 heavy (non-hydrogen) atoms. The highest BCUT2D eigenvalue weighted by Crippen LogP contribution is 2.34. The molecule has 160 valence electrons. The number of hydrogen-bond donors (Lipinski definition) is 3. The highest BCUT2D eigenvalue weighted by Gasteiger charge is 2.34. The molecule has 0 saturated carbocycles. The average Bonchev–Trinajstić information content (AvgIpc) is 2.70. The number of hydrogen-bond acceptors (Lipinski definition) is 4. The Morgan fingerprint density at radius 1 is 1.17 bits per heavy atom. The van der Waals surface area contributed by atoms with Gasteiger partial charge in [-0.3, -0.25) is 4.99 Å². The van der Waals surface area contributed by atoms with Gasteiger partial charge in [0.1, 0.15) is 12.2 Å². The zero-order chi connectivity index (χ0) is 20.4. The molecule has 0 radical (unpaired) electrons. The Kier molecular flexibility index (Phi) is 10.7. The van der Waals surface area contributed by atoms with Crippen LogP contribution in [0.25, 0.3) is 0 Å². The lowest BCUT2D eigenvalue weighted by Gasteiger charge is -2.18. The van der Waals surface area contributed by atoms with Crippen molar-refractivity contribution < 1.29 is 23.0 Å². The van der Waals surface area contributed by atoms with Crippen LogP contribution in [0.2, 0.25) is 0 Å². The Morgan fingerprint density at radius 2 is 1.90 bits per heavy atom. The molecule has 2 aromatic rings. The van der Waals surface area contributed by atoms with Gasteiger partial charge in [-0.25, -0.2) is 4.98 Å². The van der Waals surface area contributed by atoms with Gasteiger partial charge in [-0.1, -0.05) is 30.3 Å². The zero-order valence-electron chi connectivity index (χ0n) is 15.8. The fourth-order valence-corrected chi connectivity index (χ4v) is 2.49. The van der Waals surface area contributed by atoms with E-state index in [9.17, 15) is 18.3 Å². The maximum Gasteiger partial charge on any atom is 0.421 e. The molecular formula is C19H24F3IN4O2. The molecule has 1 atom stereocenters. The summed E-state index contributed by atoms with van der Waals surface area (Å²) in [5.74, 6) is -0.113. The van der Waals surface area contributed by atoms with Gasteiger partial charge in [0.2, 0.25) is 5.88 Å². The van der Waals surface area contributed by atoms with Crippen molar-refractivity contribution in [1.29, 1.82) is 0 Å². The standard InChI is InChI=1S/C19H23F3N4O2.HI/c1-23-18(26-12-15(13-27)14-6-3-2-4-7-14)25-10-11-28-17-16(19(20,21)22)8-5-9-24-17;/h2-9,15,27H,10-13H2,1H3,(H2,23,25,26);1H. The quantitative estimate of drug-likeness (QED) is 0.214. The maximum atomic E-state index is 12.9. The highest BCUT2D eigenvalue weighted by atomic mass is 127. The summed E-state index contributed by atoms with van der Waals surface area (Å²) in [6.45, 7) is 0.613. The van der Waals surface area contributed by atoms with E-state index in [1.807, 2.05) is 30.3 Å². The smallest absolute Gasteiger partial charge is 0.421 e. The third kappa shape index (κ3) is 8.05. The molecule has 0 saturated heterocycles. The van der Waals surface area contributed by atoms with Crippen molar-refractivity contribution in [3.05, 3.63) is 59.8 Å². The Bertz CT molecular complexity index is 761. The molecule has 10 heteroatoms. The van der Waals surface area contributed by atoms with Crippen LogP contribution in [-0.4, -0.2) is 49.4 Å². The minimum Gasteiger partial charge on any atom is -0.475 e. The van der Waals surface area contributed by atoms with Crippen LogP contribution in [0.3, 0.4) is 0 Å². The average molecular weight is 524 g/mol. The summed E-state index contributed by atoms with van der Waals surface area (Å²) in [7, 11) is 1.58. The molecule has 1 heterocycles. The van der Waals surface area contributed by atoms with Gasteiger partial charge in [0.25, 0.3) is 0 Å². The second-order valence-electron chi connectivity index (χ2n) is 5.87. The number of aliphatic imine (C=N–C) groups is 1. The van der Waals surface area contributed by atoms with Gasteiger partial charge in [0.05, 0.1) is 13.2 Å². The van der Waals surface area contributed by atoms with Crippen LogP contribution in [0.4, 0.5) is 13.2 Å². The second-order valence-corrected chi connectivity index (χ2v) is 5.87. The number of aliphatic hydroxyl groups excluding tert-OH is 1. The number of alkyl halides is 3. The number of pyridine rings is 1. The molecule has 2 rings (SSSR count). The molecule has 0 spiro atoms. The van der Waals surface area contributed by atoms with E-state index < -0.39 is 17.6 Å². The maximum absolute atomic E-state index is 12.9. The van der Waals surface area contributed by atoms with Gasteiger partial charge in [0, 0.05) is 25.7 Å². The van der Waals surface area contributed by atoms with Crippen molar-refractivity contribution in [1.82, 2.24) is 15.6 Å². The van der Waals surface area contributed by atoms with Crippen molar-refractivity contribution in [3.63, 3.8) is 0 Å². The summed E-state index contributed by atoms with van der Waals surface area (Å²) >= 11 is 0. The number of guanidine groups is 1. The Morgan fingerprint density at radius 3 is 2.52 bits per heavy atom. The topological polar surface area (TPSA) is 78.8 Å². The van der Waals surface area contributed by atoms with Crippen molar-refractivity contribution in [2.75, 3.05) is 33.4 Å². The molecule has 0 aliphatic heterocycles. The fourth-order valence-electron chi connectivity index (χ4n) is 2.49. The van der Waals surface area contributed by atoms with Gasteiger partial charge in [-0.15, -0.1) is 24.0 Å². The first-order chi connectivity index (χ1) is 13.5. The van der Waals surface area contributed by atoms with E-state index in [4.69, 9.17) is 4.74 Å². The number of benzene rings is 1. The normalized spacial score (nSPS) is 12.7. The molecule has 1 aromatic carbocycles. The van der Waals surface area contributed by atoms with Crippen molar-refractivity contribution in [2.24, 2.45) is 4.99 Å².